The summed E-state index contributed by atoms with van der Waals surface area (Å²) in [6.45, 7) is 3.96. The second-order valence-corrected chi connectivity index (χ2v) is 3.65. The molecule has 19 heavy (non-hydrogen) atoms. The Bertz CT molecular complexity index is 502. The van der Waals surface area contributed by atoms with Gasteiger partial charge in [0.05, 0.1) is 5.69 Å². The Morgan fingerprint density at radius 1 is 1.11 bits per heavy atom. The molecule has 104 valence electrons. The van der Waals surface area contributed by atoms with Crippen molar-refractivity contribution >= 4 is 17.5 Å². The maximum atomic E-state index is 13.3. The van der Waals surface area contributed by atoms with E-state index in [9.17, 15) is 22.8 Å². The second kappa shape index (κ2) is 6.21. The van der Waals surface area contributed by atoms with Gasteiger partial charge < -0.3 is 10.2 Å². The van der Waals surface area contributed by atoms with Gasteiger partial charge >= 0.3 is 11.8 Å². The number of halogens is 3. The van der Waals surface area contributed by atoms with Crippen LogP contribution in [0.15, 0.2) is 12.1 Å². The van der Waals surface area contributed by atoms with E-state index < -0.39 is 35.0 Å². The van der Waals surface area contributed by atoms with E-state index >= 15 is 0 Å². The van der Waals surface area contributed by atoms with E-state index in [0.717, 1.165) is 6.07 Å². The van der Waals surface area contributed by atoms with Gasteiger partial charge in [-0.1, -0.05) is 0 Å². The molecule has 1 N–H and O–H groups in total. The lowest BCUT2D eigenvalue weighted by atomic mass is 10.2. The minimum atomic E-state index is -1.70. The van der Waals surface area contributed by atoms with Crippen LogP contribution in [0.5, 0.6) is 0 Å². The number of amides is 2. The van der Waals surface area contributed by atoms with Crippen molar-refractivity contribution in [3.8, 4) is 0 Å². The lowest BCUT2D eigenvalue weighted by Gasteiger charge is -2.17. The Morgan fingerprint density at radius 3 is 2.21 bits per heavy atom. The van der Waals surface area contributed by atoms with Gasteiger partial charge in [0.1, 0.15) is 0 Å². The highest BCUT2D eigenvalue weighted by Gasteiger charge is 2.22. The van der Waals surface area contributed by atoms with Crippen molar-refractivity contribution in [3.05, 3.63) is 29.6 Å². The third-order valence-corrected chi connectivity index (χ3v) is 2.53. The Balaban J connectivity index is 2.89. The molecule has 0 atom stereocenters. The predicted octanol–water partition coefficient (Wildman–Crippen LogP) is 1.91. The minimum Gasteiger partial charge on any atom is -0.335 e. The van der Waals surface area contributed by atoms with Gasteiger partial charge in [-0.3, -0.25) is 9.59 Å². The number of nitrogens with one attached hydrogen (secondary N) is 1. The third-order valence-electron chi connectivity index (χ3n) is 2.53. The molecule has 0 fully saturated rings. The minimum absolute atomic E-state index is 0.309. The van der Waals surface area contributed by atoms with Crippen LogP contribution in [0.2, 0.25) is 0 Å². The molecule has 0 saturated carbocycles. The molecule has 0 aliphatic rings. The van der Waals surface area contributed by atoms with Crippen molar-refractivity contribution in [2.45, 2.75) is 13.8 Å². The zero-order valence-corrected chi connectivity index (χ0v) is 10.5. The zero-order valence-electron chi connectivity index (χ0n) is 10.5. The van der Waals surface area contributed by atoms with Gasteiger partial charge in [0.2, 0.25) is 0 Å². The second-order valence-electron chi connectivity index (χ2n) is 3.65. The summed E-state index contributed by atoms with van der Waals surface area (Å²) in [4.78, 5) is 24.3. The van der Waals surface area contributed by atoms with Gasteiger partial charge in [0.25, 0.3) is 0 Å². The normalized spacial score (nSPS) is 10.2. The lowest BCUT2D eigenvalue weighted by molar-refractivity contribution is -0.142. The molecule has 1 aromatic carbocycles. The number of rotatable bonds is 3. The van der Waals surface area contributed by atoms with E-state index in [1.54, 1.807) is 13.8 Å². The van der Waals surface area contributed by atoms with Crippen LogP contribution in [0.4, 0.5) is 18.9 Å². The first-order chi connectivity index (χ1) is 8.92. The third kappa shape index (κ3) is 3.24. The van der Waals surface area contributed by atoms with Crippen molar-refractivity contribution in [2.75, 3.05) is 18.4 Å². The number of hydrogen-bond acceptors (Lipinski definition) is 2. The van der Waals surface area contributed by atoms with Gasteiger partial charge in [0, 0.05) is 13.1 Å². The number of carbonyl (C=O) groups is 2. The fourth-order valence-corrected chi connectivity index (χ4v) is 1.45. The summed E-state index contributed by atoms with van der Waals surface area (Å²) in [6, 6.07) is 1.51. The van der Waals surface area contributed by atoms with Crippen LogP contribution in [0, 0.1) is 17.5 Å². The number of anilines is 1. The molecular weight excluding hydrogens is 261 g/mol. The molecule has 0 heterocycles. The van der Waals surface area contributed by atoms with Crippen LogP contribution in [0.3, 0.4) is 0 Å². The standard InChI is InChI=1S/C12H13F3N2O2/c1-3-17(4-2)12(19)11(18)16-8-6-5-7(13)9(14)10(8)15/h5-6H,3-4H2,1-2H3,(H,16,18). The van der Waals surface area contributed by atoms with Crippen LogP contribution >= 0.6 is 0 Å². The molecule has 0 aliphatic carbocycles. The van der Waals surface area contributed by atoms with Crippen LogP contribution in [0.1, 0.15) is 13.8 Å². The average Bonchev–Trinajstić information content (AvgIpc) is 2.40. The Morgan fingerprint density at radius 2 is 1.68 bits per heavy atom. The van der Waals surface area contributed by atoms with E-state index in [4.69, 9.17) is 0 Å². The van der Waals surface area contributed by atoms with Gasteiger partial charge in [-0.2, -0.15) is 0 Å². The molecule has 1 rings (SSSR count). The van der Waals surface area contributed by atoms with Crippen molar-refractivity contribution in [1.82, 2.24) is 4.90 Å². The van der Waals surface area contributed by atoms with Crippen LogP contribution in [-0.2, 0) is 9.59 Å². The first-order valence-electron chi connectivity index (χ1n) is 5.66. The van der Waals surface area contributed by atoms with E-state index in [1.807, 2.05) is 5.32 Å². The molecule has 0 saturated heterocycles. The highest BCUT2D eigenvalue weighted by Crippen LogP contribution is 2.19. The summed E-state index contributed by atoms with van der Waals surface area (Å²) >= 11 is 0. The molecular formula is C12H13F3N2O2. The van der Waals surface area contributed by atoms with E-state index in [2.05, 4.69) is 0 Å². The topological polar surface area (TPSA) is 49.4 Å². The van der Waals surface area contributed by atoms with Gasteiger partial charge in [-0.25, -0.2) is 13.2 Å². The molecule has 1 aromatic rings. The summed E-state index contributed by atoms with van der Waals surface area (Å²) in [5.74, 6) is -6.58. The van der Waals surface area contributed by atoms with E-state index in [-0.39, 0.29) is 0 Å². The average molecular weight is 274 g/mol. The van der Waals surface area contributed by atoms with Crippen molar-refractivity contribution in [1.29, 1.82) is 0 Å². The largest absolute Gasteiger partial charge is 0.335 e. The number of nitrogens with zero attached hydrogens (tertiary/aromatic N) is 1. The van der Waals surface area contributed by atoms with Crippen molar-refractivity contribution in [2.24, 2.45) is 0 Å². The highest BCUT2D eigenvalue weighted by molar-refractivity contribution is 6.39. The molecule has 0 bridgehead atoms. The smallest absolute Gasteiger partial charge is 0.313 e. The van der Waals surface area contributed by atoms with E-state index in [0.29, 0.717) is 19.2 Å². The summed E-state index contributed by atoms with van der Waals surface area (Å²) in [5.41, 5.74) is -0.579. The SMILES string of the molecule is CCN(CC)C(=O)C(=O)Nc1ccc(F)c(F)c1F. The quantitative estimate of drug-likeness (QED) is 0.676. The number of carbonyl (C=O) groups excluding carboxylic acids is 2. The summed E-state index contributed by atoms with van der Waals surface area (Å²) in [7, 11) is 0. The fourth-order valence-electron chi connectivity index (χ4n) is 1.45. The maximum Gasteiger partial charge on any atom is 0.313 e. The Kier molecular flexibility index (Phi) is 4.91. The maximum absolute atomic E-state index is 13.3. The highest BCUT2D eigenvalue weighted by atomic mass is 19.2. The summed E-state index contributed by atoms with van der Waals surface area (Å²) < 4.78 is 38.9. The molecule has 0 aliphatic heterocycles. The molecule has 0 spiro atoms. The lowest BCUT2D eigenvalue weighted by Crippen LogP contribution is -2.39. The molecule has 0 unspecified atom stereocenters. The molecule has 7 heteroatoms. The molecule has 4 nitrogen and oxygen atoms in total. The number of benzene rings is 1. The Labute approximate surface area is 108 Å². The zero-order chi connectivity index (χ0) is 14.6. The summed E-state index contributed by atoms with van der Waals surface area (Å²) in [5, 5.41) is 1.92. The van der Waals surface area contributed by atoms with Crippen LogP contribution in [0.25, 0.3) is 0 Å². The fraction of sp³-hybridized carbons (Fsp3) is 0.333. The van der Waals surface area contributed by atoms with Gasteiger partial charge in [0.15, 0.2) is 17.5 Å². The Hall–Kier alpha value is -2.05. The van der Waals surface area contributed by atoms with Gasteiger partial charge in [-0.05, 0) is 26.0 Å². The van der Waals surface area contributed by atoms with E-state index in [1.165, 1.54) is 4.90 Å². The number of likely N-dealkylation sites (N-methyl/N-ethyl adjacent to an activating group) is 1. The van der Waals surface area contributed by atoms with Crippen LogP contribution in [-0.4, -0.2) is 29.8 Å². The van der Waals surface area contributed by atoms with Crippen molar-refractivity contribution in [3.63, 3.8) is 0 Å². The monoisotopic (exact) mass is 274 g/mol. The summed E-state index contributed by atoms with van der Waals surface area (Å²) in [6.07, 6.45) is 0. The molecule has 2 amide bonds. The predicted molar refractivity (Wildman–Crippen MR) is 62.9 cm³/mol. The molecule has 0 radical (unpaired) electrons. The molecule has 0 aromatic heterocycles. The van der Waals surface area contributed by atoms with Gasteiger partial charge in [-0.15, -0.1) is 0 Å². The van der Waals surface area contributed by atoms with Crippen molar-refractivity contribution < 1.29 is 22.8 Å². The first-order valence-corrected chi connectivity index (χ1v) is 5.66. The van der Waals surface area contributed by atoms with Crippen LogP contribution < -0.4 is 5.32 Å². The number of hydrogen-bond donors (Lipinski definition) is 1. The first kappa shape index (κ1) is 15.0.